The predicted octanol–water partition coefficient (Wildman–Crippen LogP) is 14.8. The van der Waals surface area contributed by atoms with E-state index in [4.69, 9.17) is 0 Å². The van der Waals surface area contributed by atoms with Crippen molar-refractivity contribution in [3.8, 4) is 44.5 Å². The topological polar surface area (TPSA) is 3.24 Å². The number of thiophene rings is 1. The van der Waals surface area contributed by atoms with E-state index >= 15 is 0 Å². The lowest BCUT2D eigenvalue weighted by Gasteiger charge is -2.27. The summed E-state index contributed by atoms with van der Waals surface area (Å²) in [6, 6.07) is 69.1. The van der Waals surface area contributed by atoms with Gasteiger partial charge in [-0.1, -0.05) is 147 Å². The van der Waals surface area contributed by atoms with Crippen LogP contribution in [0.5, 0.6) is 0 Å². The van der Waals surface area contributed by atoms with E-state index < -0.39 is 0 Å². The molecule has 0 amide bonds. The van der Waals surface area contributed by atoms with Crippen molar-refractivity contribution in [1.29, 1.82) is 0 Å². The normalized spacial score (nSPS) is 12.9. The fraction of sp³-hybridized carbons (Fsp3) is 0.0588. The van der Waals surface area contributed by atoms with Crippen LogP contribution < -0.4 is 4.90 Å². The Balaban J connectivity index is 1.07. The lowest BCUT2D eigenvalue weighted by molar-refractivity contribution is 0.660. The molecule has 8 aromatic carbocycles. The van der Waals surface area contributed by atoms with Gasteiger partial charge in [-0.3, -0.25) is 0 Å². The largest absolute Gasteiger partial charge is 0.310 e. The van der Waals surface area contributed by atoms with Crippen LogP contribution in [0.4, 0.5) is 17.1 Å². The van der Waals surface area contributed by atoms with Gasteiger partial charge in [-0.15, -0.1) is 11.3 Å². The minimum atomic E-state index is -0.0112. The van der Waals surface area contributed by atoms with Crippen molar-refractivity contribution in [2.45, 2.75) is 19.3 Å². The minimum absolute atomic E-state index is 0.0112. The molecule has 0 unspecified atom stereocenters. The van der Waals surface area contributed by atoms with Gasteiger partial charge in [0.05, 0.1) is 0 Å². The highest BCUT2D eigenvalue weighted by atomic mass is 32.1. The van der Waals surface area contributed by atoms with E-state index in [0.717, 1.165) is 17.1 Å². The molecule has 0 fully saturated rings. The van der Waals surface area contributed by atoms with E-state index in [1.807, 2.05) is 11.3 Å². The molecule has 53 heavy (non-hydrogen) atoms. The van der Waals surface area contributed by atoms with Crippen LogP contribution in [0.25, 0.3) is 64.7 Å². The van der Waals surface area contributed by atoms with Gasteiger partial charge in [0.25, 0.3) is 0 Å². The number of fused-ring (bicyclic) bond motifs is 6. The molecule has 0 aliphatic heterocycles. The molecule has 10 rings (SSSR count). The summed E-state index contributed by atoms with van der Waals surface area (Å²) in [6.45, 7) is 4.68. The zero-order chi connectivity index (χ0) is 35.5. The summed E-state index contributed by atoms with van der Waals surface area (Å²) < 4.78 is 2.65. The molecule has 252 valence electrons. The number of nitrogens with zero attached hydrogens (tertiary/aromatic N) is 1. The second kappa shape index (κ2) is 12.5. The lowest BCUT2D eigenvalue weighted by Crippen LogP contribution is -2.14. The smallest absolute Gasteiger partial charge is 0.0467 e. The first kappa shape index (κ1) is 31.5. The second-order valence-corrected chi connectivity index (χ2v) is 15.7. The summed E-state index contributed by atoms with van der Waals surface area (Å²) >= 11 is 1.87. The number of anilines is 3. The lowest BCUT2D eigenvalue weighted by atomic mass is 9.82. The van der Waals surface area contributed by atoms with Crippen LogP contribution in [-0.4, -0.2) is 0 Å². The zero-order valence-electron chi connectivity index (χ0n) is 29.8. The van der Waals surface area contributed by atoms with E-state index in [1.54, 1.807) is 0 Å². The molecule has 1 nitrogen and oxygen atoms in total. The number of benzene rings is 8. The van der Waals surface area contributed by atoms with Gasteiger partial charge in [0, 0.05) is 42.6 Å². The van der Waals surface area contributed by atoms with Crippen molar-refractivity contribution in [3.63, 3.8) is 0 Å². The second-order valence-electron chi connectivity index (χ2n) is 14.6. The number of hydrogen-bond donors (Lipinski definition) is 0. The molecule has 2 heteroatoms. The Labute approximate surface area is 315 Å². The average molecular weight is 696 g/mol. The predicted molar refractivity (Wildman–Crippen MR) is 228 cm³/mol. The van der Waals surface area contributed by atoms with E-state index in [0.29, 0.717) is 0 Å². The summed E-state index contributed by atoms with van der Waals surface area (Å²) in [5.41, 5.74) is 16.1. The van der Waals surface area contributed by atoms with Crippen LogP contribution in [0, 0.1) is 0 Å². The Bertz CT molecular complexity index is 2810. The molecule has 1 heterocycles. The molecule has 1 aliphatic carbocycles. The minimum Gasteiger partial charge on any atom is -0.310 e. The Morgan fingerprint density at radius 3 is 1.70 bits per heavy atom. The molecule has 0 bridgehead atoms. The third kappa shape index (κ3) is 5.37. The van der Waals surface area contributed by atoms with Crippen LogP contribution in [0.15, 0.2) is 188 Å². The maximum absolute atomic E-state index is 2.39. The van der Waals surface area contributed by atoms with Gasteiger partial charge in [0.15, 0.2) is 0 Å². The monoisotopic (exact) mass is 695 g/mol. The molecule has 0 saturated carbocycles. The van der Waals surface area contributed by atoms with Crippen LogP contribution in [0.2, 0.25) is 0 Å². The standard InChI is InChI=1S/C51H37NS/c1-51(2)47-20-8-6-18-43(47)46-32-38(25-29-48(46)51)37-15-11-17-42(31-37)52(41-16-10-14-36(30-41)34-12-4-3-5-13-34)40-26-22-35(23-27-40)39-24-28-45-44-19-7-9-21-49(44)53-50(45)33-39/h3-33H,1-2H3. The fourth-order valence-corrected chi connectivity index (χ4v) is 9.48. The van der Waals surface area contributed by atoms with E-state index in [2.05, 4.69) is 207 Å². The van der Waals surface area contributed by atoms with E-state index in [9.17, 15) is 0 Å². The molecular formula is C51H37NS. The molecule has 0 saturated heterocycles. The van der Waals surface area contributed by atoms with Crippen molar-refractivity contribution in [2.75, 3.05) is 4.90 Å². The molecule has 1 aliphatic rings. The zero-order valence-corrected chi connectivity index (χ0v) is 30.6. The van der Waals surface area contributed by atoms with E-state index in [1.165, 1.54) is 75.8 Å². The first-order chi connectivity index (χ1) is 26.0. The first-order valence-corrected chi connectivity index (χ1v) is 19.2. The van der Waals surface area contributed by atoms with Crippen molar-refractivity contribution < 1.29 is 0 Å². The molecular weight excluding hydrogens is 659 g/mol. The molecule has 0 spiro atoms. The Morgan fingerprint density at radius 1 is 0.358 bits per heavy atom. The molecule has 0 atom stereocenters. The Kier molecular flexibility index (Phi) is 7.42. The first-order valence-electron chi connectivity index (χ1n) is 18.3. The van der Waals surface area contributed by atoms with Gasteiger partial charge >= 0.3 is 0 Å². The third-order valence-corrected chi connectivity index (χ3v) is 12.2. The van der Waals surface area contributed by atoms with Crippen LogP contribution in [-0.2, 0) is 5.41 Å². The van der Waals surface area contributed by atoms with Crippen molar-refractivity contribution in [3.05, 3.63) is 199 Å². The van der Waals surface area contributed by atoms with Crippen molar-refractivity contribution in [2.24, 2.45) is 0 Å². The number of hydrogen-bond acceptors (Lipinski definition) is 2. The average Bonchev–Trinajstić information content (AvgIpc) is 3.70. The van der Waals surface area contributed by atoms with Crippen LogP contribution in [0.3, 0.4) is 0 Å². The summed E-state index contributed by atoms with van der Waals surface area (Å²) in [5.74, 6) is 0. The van der Waals surface area contributed by atoms with Crippen LogP contribution in [0.1, 0.15) is 25.0 Å². The van der Waals surface area contributed by atoms with Gasteiger partial charge in [-0.05, 0) is 110 Å². The van der Waals surface area contributed by atoms with Gasteiger partial charge in [-0.2, -0.15) is 0 Å². The molecule has 0 N–H and O–H groups in total. The molecule has 1 aromatic heterocycles. The third-order valence-electron chi connectivity index (χ3n) is 11.1. The Morgan fingerprint density at radius 2 is 0.906 bits per heavy atom. The fourth-order valence-electron chi connectivity index (χ4n) is 8.34. The quantitative estimate of drug-likeness (QED) is 0.167. The van der Waals surface area contributed by atoms with Crippen molar-refractivity contribution in [1.82, 2.24) is 0 Å². The molecule has 0 radical (unpaired) electrons. The SMILES string of the molecule is CC1(C)c2ccccc2-c2cc(-c3cccc(N(c4ccc(-c5ccc6c(c5)sc5ccccc56)cc4)c4cccc(-c5ccccc5)c4)c3)ccc21. The summed E-state index contributed by atoms with van der Waals surface area (Å²) in [7, 11) is 0. The van der Waals surface area contributed by atoms with Crippen molar-refractivity contribution >= 4 is 48.6 Å². The summed E-state index contributed by atoms with van der Waals surface area (Å²) in [5, 5.41) is 2.66. The Hall–Kier alpha value is -6.22. The highest BCUT2D eigenvalue weighted by Gasteiger charge is 2.35. The van der Waals surface area contributed by atoms with Gasteiger partial charge in [0.2, 0.25) is 0 Å². The maximum atomic E-state index is 2.39. The van der Waals surface area contributed by atoms with Gasteiger partial charge < -0.3 is 4.90 Å². The van der Waals surface area contributed by atoms with E-state index in [-0.39, 0.29) is 5.41 Å². The van der Waals surface area contributed by atoms with Crippen LogP contribution >= 0.6 is 11.3 Å². The summed E-state index contributed by atoms with van der Waals surface area (Å²) in [6.07, 6.45) is 0. The summed E-state index contributed by atoms with van der Waals surface area (Å²) in [4.78, 5) is 2.39. The number of rotatable bonds is 6. The highest BCUT2D eigenvalue weighted by molar-refractivity contribution is 7.25. The highest BCUT2D eigenvalue weighted by Crippen LogP contribution is 2.50. The van der Waals surface area contributed by atoms with Gasteiger partial charge in [-0.25, -0.2) is 0 Å². The maximum Gasteiger partial charge on any atom is 0.0467 e. The van der Waals surface area contributed by atoms with Gasteiger partial charge in [0.1, 0.15) is 0 Å². The molecule has 9 aromatic rings.